The Morgan fingerprint density at radius 3 is 2.57 bits per heavy atom. The smallest absolute Gasteiger partial charge is 0.241 e. The van der Waals surface area contributed by atoms with Crippen molar-refractivity contribution in [3.63, 3.8) is 0 Å². The number of methoxy groups -OCH3 is 1. The number of hydrogen-bond donors (Lipinski definition) is 2. The summed E-state index contributed by atoms with van der Waals surface area (Å²) < 4.78 is 5.26. The van der Waals surface area contributed by atoms with Gasteiger partial charge in [-0.2, -0.15) is 0 Å². The molecule has 0 saturated carbocycles. The predicted octanol–water partition coefficient (Wildman–Crippen LogP) is 2.19. The molecule has 0 aromatic heterocycles. The zero-order valence-electron chi connectivity index (χ0n) is 13.2. The number of nitrogen functional groups attached to an aromatic ring is 1. The SMILES string of the molecule is COc1cc(N)ccc1NC(=O)C(C)N1CC(C)C(C)C1. The van der Waals surface area contributed by atoms with Crippen LogP contribution in [0.3, 0.4) is 0 Å². The van der Waals surface area contributed by atoms with Gasteiger partial charge >= 0.3 is 0 Å². The number of rotatable bonds is 4. The van der Waals surface area contributed by atoms with Crippen molar-refractivity contribution in [3.8, 4) is 5.75 Å². The number of likely N-dealkylation sites (tertiary alicyclic amines) is 1. The monoisotopic (exact) mass is 291 g/mol. The maximum absolute atomic E-state index is 12.4. The van der Waals surface area contributed by atoms with E-state index < -0.39 is 0 Å². The Morgan fingerprint density at radius 1 is 1.38 bits per heavy atom. The number of anilines is 2. The summed E-state index contributed by atoms with van der Waals surface area (Å²) >= 11 is 0. The molecule has 3 atom stereocenters. The van der Waals surface area contributed by atoms with Gasteiger partial charge in [0.1, 0.15) is 5.75 Å². The quantitative estimate of drug-likeness (QED) is 0.835. The number of carbonyl (C=O) groups is 1. The second kappa shape index (κ2) is 6.35. The van der Waals surface area contributed by atoms with Gasteiger partial charge in [0.2, 0.25) is 5.91 Å². The van der Waals surface area contributed by atoms with Crippen LogP contribution in [0.5, 0.6) is 5.75 Å². The van der Waals surface area contributed by atoms with Crippen LogP contribution in [-0.4, -0.2) is 37.0 Å². The number of carbonyl (C=O) groups excluding carboxylic acids is 1. The van der Waals surface area contributed by atoms with Gasteiger partial charge in [0.05, 0.1) is 18.8 Å². The average molecular weight is 291 g/mol. The molecule has 21 heavy (non-hydrogen) atoms. The third-order valence-corrected chi connectivity index (χ3v) is 4.43. The van der Waals surface area contributed by atoms with Crippen molar-refractivity contribution < 1.29 is 9.53 Å². The normalized spacial score (nSPS) is 23.8. The second-order valence-corrected chi connectivity index (χ2v) is 6.03. The van der Waals surface area contributed by atoms with Crippen LogP contribution < -0.4 is 15.8 Å². The lowest BCUT2D eigenvalue weighted by Gasteiger charge is -2.23. The number of nitrogens with two attached hydrogens (primary N) is 1. The summed E-state index contributed by atoms with van der Waals surface area (Å²) in [6.45, 7) is 8.35. The summed E-state index contributed by atoms with van der Waals surface area (Å²) in [6, 6.07) is 5.08. The van der Waals surface area contributed by atoms with Crippen LogP contribution >= 0.6 is 0 Å². The fourth-order valence-electron chi connectivity index (χ4n) is 2.70. The topological polar surface area (TPSA) is 67.6 Å². The maximum atomic E-state index is 12.4. The largest absolute Gasteiger partial charge is 0.494 e. The maximum Gasteiger partial charge on any atom is 0.241 e. The molecule has 2 rings (SSSR count). The fourth-order valence-corrected chi connectivity index (χ4v) is 2.70. The van der Waals surface area contributed by atoms with Crippen molar-refractivity contribution in [2.75, 3.05) is 31.2 Å². The Bertz CT molecular complexity index is 508. The zero-order valence-corrected chi connectivity index (χ0v) is 13.2. The van der Waals surface area contributed by atoms with Crippen molar-refractivity contribution in [1.29, 1.82) is 0 Å². The van der Waals surface area contributed by atoms with E-state index in [4.69, 9.17) is 10.5 Å². The summed E-state index contributed by atoms with van der Waals surface area (Å²) in [5, 5.41) is 2.93. The van der Waals surface area contributed by atoms with Gasteiger partial charge in [0, 0.05) is 24.8 Å². The molecular weight excluding hydrogens is 266 g/mol. The highest BCUT2D eigenvalue weighted by molar-refractivity contribution is 5.96. The van der Waals surface area contributed by atoms with E-state index in [1.165, 1.54) is 0 Å². The molecule has 1 aliphatic rings. The van der Waals surface area contributed by atoms with Crippen molar-refractivity contribution in [2.24, 2.45) is 11.8 Å². The molecule has 1 saturated heterocycles. The number of hydrogen-bond acceptors (Lipinski definition) is 4. The summed E-state index contributed by atoms with van der Waals surface area (Å²) in [5.41, 5.74) is 6.99. The molecule has 3 N–H and O–H groups in total. The van der Waals surface area contributed by atoms with Crippen LogP contribution in [0.15, 0.2) is 18.2 Å². The average Bonchev–Trinajstić information content (AvgIpc) is 2.79. The van der Waals surface area contributed by atoms with Crippen molar-refractivity contribution in [2.45, 2.75) is 26.8 Å². The van der Waals surface area contributed by atoms with E-state index in [1.807, 2.05) is 6.92 Å². The molecule has 1 aliphatic heterocycles. The van der Waals surface area contributed by atoms with E-state index in [-0.39, 0.29) is 11.9 Å². The van der Waals surface area contributed by atoms with Gasteiger partial charge in [0.15, 0.2) is 0 Å². The number of ether oxygens (including phenoxy) is 1. The molecule has 3 unspecified atom stereocenters. The molecule has 0 aliphatic carbocycles. The molecule has 1 heterocycles. The van der Waals surface area contributed by atoms with E-state index >= 15 is 0 Å². The first kappa shape index (κ1) is 15.6. The van der Waals surface area contributed by atoms with Crippen LogP contribution in [0, 0.1) is 11.8 Å². The third-order valence-electron chi connectivity index (χ3n) is 4.43. The Kier molecular flexibility index (Phi) is 4.73. The Labute approximate surface area is 126 Å². The van der Waals surface area contributed by atoms with Gasteiger partial charge in [-0.1, -0.05) is 13.8 Å². The molecule has 116 valence electrons. The van der Waals surface area contributed by atoms with Gasteiger partial charge in [0.25, 0.3) is 0 Å². The first-order valence-corrected chi connectivity index (χ1v) is 7.40. The standard InChI is InChI=1S/C16H25N3O2/c1-10-8-19(9-11(10)2)12(3)16(20)18-14-6-5-13(17)7-15(14)21-4/h5-7,10-12H,8-9,17H2,1-4H3,(H,18,20). The van der Waals surface area contributed by atoms with E-state index in [0.717, 1.165) is 13.1 Å². The zero-order chi connectivity index (χ0) is 15.6. The van der Waals surface area contributed by atoms with Crippen molar-refractivity contribution in [1.82, 2.24) is 4.90 Å². The number of nitrogens with zero attached hydrogens (tertiary/aromatic N) is 1. The number of benzene rings is 1. The first-order chi connectivity index (χ1) is 9.92. The molecule has 1 aromatic carbocycles. The van der Waals surface area contributed by atoms with E-state index in [0.29, 0.717) is 29.0 Å². The van der Waals surface area contributed by atoms with Crippen LogP contribution in [0.2, 0.25) is 0 Å². The van der Waals surface area contributed by atoms with Crippen LogP contribution in [-0.2, 0) is 4.79 Å². The summed E-state index contributed by atoms with van der Waals surface area (Å²) in [4.78, 5) is 14.7. The number of amides is 1. The molecule has 1 amide bonds. The van der Waals surface area contributed by atoms with Crippen LogP contribution in [0.25, 0.3) is 0 Å². The highest BCUT2D eigenvalue weighted by Gasteiger charge is 2.32. The van der Waals surface area contributed by atoms with Gasteiger partial charge in [-0.25, -0.2) is 0 Å². The molecule has 0 spiro atoms. The Hall–Kier alpha value is -1.75. The fraction of sp³-hybridized carbons (Fsp3) is 0.562. The highest BCUT2D eigenvalue weighted by atomic mass is 16.5. The first-order valence-electron chi connectivity index (χ1n) is 7.40. The minimum absolute atomic E-state index is 0.0145. The molecule has 1 aromatic rings. The molecule has 0 bridgehead atoms. The summed E-state index contributed by atoms with van der Waals surface area (Å²) in [7, 11) is 1.57. The van der Waals surface area contributed by atoms with Gasteiger partial charge in [-0.05, 0) is 30.9 Å². The minimum Gasteiger partial charge on any atom is -0.494 e. The molecule has 5 heteroatoms. The summed E-state index contributed by atoms with van der Waals surface area (Å²) in [5.74, 6) is 1.83. The predicted molar refractivity (Wildman–Crippen MR) is 85.4 cm³/mol. The molecule has 1 fully saturated rings. The van der Waals surface area contributed by atoms with E-state index in [1.54, 1.807) is 25.3 Å². The second-order valence-electron chi connectivity index (χ2n) is 6.03. The minimum atomic E-state index is -0.153. The van der Waals surface area contributed by atoms with Gasteiger partial charge in [-0.15, -0.1) is 0 Å². The van der Waals surface area contributed by atoms with E-state index in [9.17, 15) is 4.79 Å². The number of nitrogens with one attached hydrogen (secondary N) is 1. The lowest BCUT2D eigenvalue weighted by molar-refractivity contribution is -0.120. The van der Waals surface area contributed by atoms with Crippen molar-refractivity contribution >= 4 is 17.3 Å². The Balaban J connectivity index is 2.04. The molecule has 5 nitrogen and oxygen atoms in total. The lowest BCUT2D eigenvalue weighted by Crippen LogP contribution is -2.40. The van der Waals surface area contributed by atoms with E-state index in [2.05, 4.69) is 24.1 Å². The lowest BCUT2D eigenvalue weighted by atomic mass is 10.0. The summed E-state index contributed by atoms with van der Waals surface area (Å²) in [6.07, 6.45) is 0. The molecular formula is C16H25N3O2. The Morgan fingerprint density at radius 2 is 2.00 bits per heavy atom. The van der Waals surface area contributed by atoms with Crippen LogP contribution in [0.4, 0.5) is 11.4 Å². The highest BCUT2D eigenvalue weighted by Crippen LogP contribution is 2.28. The van der Waals surface area contributed by atoms with Gasteiger partial charge in [-0.3, -0.25) is 9.69 Å². The van der Waals surface area contributed by atoms with Crippen molar-refractivity contribution in [3.05, 3.63) is 18.2 Å². The third kappa shape index (κ3) is 3.47. The van der Waals surface area contributed by atoms with Crippen LogP contribution in [0.1, 0.15) is 20.8 Å². The molecule has 0 radical (unpaired) electrons. The van der Waals surface area contributed by atoms with Gasteiger partial charge < -0.3 is 15.8 Å².